The van der Waals surface area contributed by atoms with Gasteiger partial charge in [-0.05, 0) is 42.5 Å². The molecule has 0 bridgehead atoms. The summed E-state index contributed by atoms with van der Waals surface area (Å²) >= 11 is 17.7. The van der Waals surface area contributed by atoms with Crippen LogP contribution in [0, 0.1) is 16.1 Å². The molecule has 0 atom stereocenters. The lowest BCUT2D eigenvalue weighted by Crippen LogP contribution is -1.95. The van der Waals surface area contributed by atoms with Crippen LogP contribution in [-0.4, -0.2) is 9.55 Å². The van der Waals surface area contributed by atoms with Crippen LogP contribution < -0.4 is 0 Å². The summed E-state index contributed by atoms with van der Waals surface area (Å²) in [5, 5.41) is 9.94. The van der Waals surface area contributed by atoms with Crippen LogP contribution in [0.2, 0.25) is 10.0 Å². The normalized spacial score (nSPS) is 10.7. The summed E-state index contributed by atoms with van der Waals surface area (Å²) < 4.78 is 2.31. The fraction of sp³-hybridized carbons (Fsp3) is 0. The number of nitrogens with zero attached hydrogens (tertiary/aromatic N) is 2. The largest absolute Gasteiger partial charge is 0.329 e. The summed E-state index contributed by atoms with van der Waals surface area (Å²) in [6.07, 6.45) is 0. The molecule has 0 radical (unpaired) electrons. The van der Waals surface area contributed by atoms with Gasteiger partial charge in [-0.25, -0.2) is 0 Å². The lowest BCUT2D eigenvalue weighted by molar-refractivity contribution is 1.06. The lowest BCUT2D eigenvalue weighted by Gasteiger charge is -2.07. The molecule has 3 aromatic rings. The second-order valence-electron chi connectivity index (χ2n) is 4.18. The maximum absolute atomic E-state index is 8.89. The van der Waals surface area contributed by atoms with E-state index >= 15 is 0 Å². The molecule has 0 spiro atoms. The Hall–Kier alpha value is -1.80. The number of aromatic nitrogens is 2. The third-order valence-electron chi connectivity index (χ3n) is 2.99. The first-order valence-electron chi connectivity index (χ1n) is 5.71. The van der Waals surface area contributed by atoms with Crippen molar-refractivity contribution in [2.75, 3.05) is 0 Å². The number of fused-ring (bicyclic) bond motifs is 1. The number of halogens is 2. The molecule has 0 unspecified atom stereocenters. The molecule has 0 aliphatic rings. The van der Waals surface area contributed by atoms with E-state index in [-0.39, 0.29) is 0 Å². The first-order chi connectivity index (χ1) is 9.61. The smallest absolute Gasteiger partial charge is 0.182 e. The van der Waals surface area contributed by atoms with Crippen molar-refractivity contribution >= 4 is 46.5 Å². The molecule has 1 N–H and O–H groups in total. The van der Waals surface area contributed by atoms with Gasteiger partial charge in [0.05, 0.1) is 38.4 Å². The number of hydrogen-bond acceptors (Lipinski definition) is 2. The number of benzene rings is 2. The molecule has 1 heterocycles. The van der Waals surface area contributed by atoms with E-state index in [1.54, 1.807) is 28.8 Å². The van der Waals surface area contributed by atoms with E-state index < -0.39 is 0 Å². The monoisotopic (exact) mass is 319 g/mol. The highest BCUT2D eigenvalue weighted by atomic mass is 35.5. The van der Waals surface area contributed by atoms with Crippen molar-refractivity contribution in [3.8, 4) is 11.8 Å². The molecule has 1 aromatic heterocycles. The van der Waals surface area contributed by atoms with Crippen LogP contribution in [0.5, 0.6) is 0 Å². The Bertz CT molecular complexity index is 918. The highest BCUT2D eigenvalue weighted by Gasteiger charge is 2.11. The number of imidazole rings is 1. The van der Waals surface area contributed by atoms with Crippen LogP contribution in [-0.2, 0) is 0 Å². The van der Waals surface area contributed by atoms with Gasteiger partial charge in [-0.2, -0.15) is 5.26 Å². The quantitative estimate of drug-likeness (QED) is 0.650. The van der Waals surface area contributed by atoms with Crippen molar-refractivity contribution in [2.24, 2.45) is 0 Å². The van der Waals surface area contributed by atoms with Crippen LogP contribution in [0.25, 0.3) is 16.7 Å². The molecule has 3 nitrogen and oxygen atoms in total. The third kappa shape index (κ3) is 2.01. The van der Waals surface area contributed by atoms with Crippen LogP contribution in [0.3, 0.4) is 0 Å². The van der Waals surface area contributed by atoms with Gasteiger partial charge in [-0.15, -0.1) is 0 Å². The molecule has 0 aliphatic heterocycles. The van der Waals surface area contributed by atoms with Gasteiger partial charge < -0.3 is 4.98 Å². The molecule has 20 heavy (non-hydrogen) atoms. The van der Waals surface area contributed by atoms with Crippen molar-refractivity contribution in [1.29, 1.82) is 5.26 Å². The maximum Gasteiger partial charge on any atom is 0.182 e. The zero-order chi connectivity index (χ0) is 14.3. The van der Waals surface area contributed by atoms with Crippen LogP contribution in [0.1, 0.15) is 5.56 Å². The molecule has 0 aliphatic carbocycles. The Morgan fingerprint density at radius 1 is 1.15 bits per heavy atom. The van der Waals surface area contributed by atoms with Gasteiger partial charge in [-0.1, -0.05) is 29.3 Å². The Morgan fingerprint density at radius 3 is 2.65 bits per heavy atom. The number of nitriles is 1. The van der Waals surface area contributed by atoms with E-state index in [2.05, 4.69) is 11.1 Å². The summed E-state index contributed by atoms with van der Waals surface area (Å²) in [6, 6.07) is 12.7. The summed E-state index contributed by atoms with van der Waals surface area (Å²) in [5.74, 6) is 0. The Morgan fingerprint density at radius 2 is 1.95 bits per heavy atom. The Balaban J connectivity index is 2.36. The van der Waals surface area contributed by atoms with Gasteiger partial charge in [0.15, 0.2) is 4.77 Å². The average molecular weight is 320 g/mol. The highest BCUT2D eigenvalue weighted by Crippen LogP contribution is 2.29. The number of hydrogen-bond donors (Lipinski definition) is 1. The van der Waals surface area contributed by atoms with E-state index in [0.29, 0.717) is 26.1 Å². The highest BCUT2D eigenvalue weighted by molar-refractivity contribution is 7.71. The van der Waals surface area contributed by atoms with E-state index in [9.17, 15) is 0 Å². The summed E-state index contributed by atoms with van der Waals surface area (Å²) in [7, 11) is 0. The second-order valence-corrected chi connectivity index (χ2v) is 5.38. The predicted molar refractivity (Wildman–Crippen MR) is 83.2 cm³/mol. The van der Waals surface area contributed by atoms with Gasteiger partial charge in [0.2, 0.25) is 0 Å². The van der Waals surface area contributed by atoms with Gasteiger partial charge in [-0.3, -0.25) is 4.57 Å². The fourth-order valence-corrected chi connectivity index (χ4v) is 2.87. The van der Waals surface area contributed by atoms with E-state index in [0.717, 1.165) is 11.0 Å². The summed E-state index contributed by atoms with van der Waals surface area (Å²) in [6.45, 7) is 0. The molecular formula is C14H7Cl2N3S. The number of rotatable bonds is 1. The number of nitrogens with one attached hydrogen (secondary N) is 1. The molecule has 0 saturated heterocycles. The van der Waals surface area contributed by atoms with Crippen LogP contribution in [0.4, 0.5) is 0 Å². The van der Waals surface area contributed by atoms with E-state index in [1.165, 1.54) is 0 Å². The van der Waals surface area contributed by atoms with Gasteiger partial charge >= 0.3 is 0 Å². The first kappa shape index (κ1) is 13.2. The number of H-pyrrole nitrogens is 1. The van der Waals surface area contributed by atoms with Crippen molar-refractivity contribution in [2.45, 2.75) is 0 Å². The topological polar surface area (TPSA) is 44.5 Å². The summed E-state index contributed by atoms with van der Waals surface area (Å²) in [4.78, 5) is 3.07. The molecular weight excluding hydrogens is 313 g/mol. The molecule has 0 saturated carbocycles. The molecule has 2 aromatic carbocycles. The SMILES string of the molecule is N#Cc1ccc(-n2c(=S)[nH]c3c(Cl)cccc32)c(Cl)c1. The zero-order valence-corrected chi connectivity index (χ0v) is 12.4. The van der Waals surface area contributed by atoms with Crippen molar-refractivity contribution in [1.82, 2.24) is 9.55 Å². The van der Waals surface area contributed by atoms with Crippen LogP contribution >= 0.6 is 35.4 Å². The first-order valence-corrected chi connectivity index (χ1v) is 6.87. The standard InChI is InChI=1S/C14H7Cl2N3S/c15-9-2-1-3-12-13(9)18-14(20)19(12)11-5-4-8(7-17)6-10(11)16/h1-6H,(H,18,20). The molecule has 98 valence electrons. The molecule has 6 heteroatoms. The fourth-order valence-electron chi connectivity index (χ4n) is 2.09. The predicted octanol–water partition coefficient (Wildman–Crippen LogP) is 4.87. The molecule has 3 rings (SSSR count). The third-order valence-corrected chi connectivity index (χ3v) is 3.89. The minimum atomic E-state index is 0.459. The molecule has 0 fully saturated rings. The van der Waals surface area contributed by atoms with Gasteiger partial charge in [0, 0.05) is 0 Å². The van der Waals surface area contributed by atoms with Crippen molar-refractivity contribution in [3.63, 3.8) is 0 Å². The Labute approximate surface area is 130 Å². The van der Waals surface area contributed by atoms with Crippen LogP contribution in [0.15, 0.2) is 36.4 Å². The Kier molecular flexibility index (Phi) is 3.27. The summed E-state index contributed by atoms with van der Waals surface area (Å²) in [5.41, 5.74) is 2.82. The number of para-hydroxylation sites is 1. The minimum absolute atomic E-state index is 0.459. The second kappa shape index (κ2) is 4.95. The maximum atomic E-state index is 8.89. The average Bonchev–Trinajstić information content (AvgIpc) is 2.77. The van der Waals surface area contributed by atoms with Crippen molar-refractivity contribution < 1.29 is 0 Å². The van der Waals surface area contributed by atoms with Crippen molar-refractivity contribution in [3.05, 3.63) is 56.8 Å². The lowest BCUT2D eigenvalue weighted by atomic mass is 10.2. The molecule has 0 amide bonds. The van der Waals surface area contributed by atoms with Gasteiger partial charge in [0.25, 0.3) is 0 Å². The van der Waals surface area contributed by atoms with Gasteiger partial charge in [0.1, 0.15) is 0 Å². The van der Waals surface area contributed by atoms with E-state index in [4.69, 9.17) is 40.7 Å². The van der Waals surface area contributed by atoms with E-state index in [1.807, 2.05) is 12.1 Å². The minimum Gasteiger partial charge on any atom is -0.329 e. The zero-order valence-electron chi connectivity index (χ0n) is 10.0. The number of aromatic amines is 1.